The zero-order valence-corrected chi connectivity index (χ0v) is 22.0. The Labute approximate surface area is 221 Å². The topological polar surface area (TPSA) is 56.8 Å². The monoisotopic (exact) mass is 520 g/mol. The number of nitrogens with zero attached hydrogens (tertiary/aromatic N) is 4. The molecule has 2 fully saturated rings. The molecule has 1 unspecified atom stereocenters. The average molecular weight is 521 g/mol. The summed E-state index contributed by atoms with van der Waals surface area (Å²) in [5, 5.41) is 2.88. The fourth-order valence-corrected chi connectivity index (χ4v) is 6.22. The number of thiazole rings is 1. The summed E-state index contributed by atoms with van der Waals surface area (Å²) >= 11 is 1.56. The minimum absolute atomic E-state index is 0.0152. The molecule has 3 aromatic rings. The maximum Gasteiger partial charge on any atom is 0.273 e. The van der Waals surface area contributed by atoms with E-state index in [4.69, 9.17) is 4.98 Å². The number of piperidine rings is 1. The van der Waals surface area contributed by atoms with Crippen molar-refractivity contribution >= 4 is 23.2 Å². The molecule has 2 aliphatic heterocycles. The highest BCUT2D eigenvalue weighted by atomic mass is 32.1. The predicted molar refractivity (Wildman–Crippen MR) is 143 cm³/mol. The van der Waals surface area contributed by atoms with Crippen molar-refractivity contribution in [2.75, 3.05) is 39.3 Å². The van der Waals surface area contributed by atoms with Crippen LogP contribution in [0.2, 0.25) is 0 Å². The minimum atomic E-state index is -0.293. The van der Waals surface area contributed by atoms with Gasteiger partial charge in [-0.25, -0.2) is 9.37 Å². The van der Waals surface area contributed by atoms with E-state index in [1.54, 1.807) is 23.5 Å². The molecule has 1 aromatic heterocycles. The molecule has 0 radical (unpaired) electrons. The van der Waals surface area contributed by atoms with Crippen LogP contribution in [0.15, 0.2) is 60.0 Å². The summed E-state index contributed by atoms with van der Waals surface area (Å²) in [7, 11) is 0. The number of rotatable bonds is 6. The van der Waals surface area contributed by atoms with Gasteiger partial charge in [-0.15, -0.1) is 11.3 Å². The summed E-state index contributed by atoms with van der Waals surface area (Å²) in [6.45, 7) is 6.69. The zero-order valence-electron chi connectivity index (χ0n) is 21.2. The number of halogens is 1. The fraction of sp³-hybridized carbons (Fsp3) is 0.414. The van der Waals surface area contributed by atoms with Gasteiger partial charge in [0.05, 0.1) is 11.4 Å². The van der Waals surface area contributed by atoms with Crippen LogP contribution in [0.4, 0.5) is 4.39 Å². The van der Waals surface area contributed by atoms with Crippen molar-refractivity contribution < 1.29 is 14.0 Å². The van der Waals surface area contributed by atoms with Gasteiger partial charge >= 0.3 is 0 Å². The lowest BCUT2D eigenvalue weighted by Gasteiger charge is -2.38. The molecule has 3 heterocycles. The standard InChI is InChI=1S/C29H33FN4O2S/c1-21(23-5-3-2-4-6-23)32-15-17-34(18-16-32)29(36)26-20-37-28(31-26)24-11-13-33(14-12-24)27(35)19-22-7-9-25(30)10-8-22/h2-10,20-21,24H,11-19H2,1H3. The number of amides is 2. The van der Waals surface area contributed by atoms with Gasteiger partial charge in [-0.3, -0.25) is 14.5 Å². The molecule has 2 amide bonds. The highest BCUT2D eigenvalue weighted by molar-refractivity contribution is 7.09. The van der Waals surface area contributed by atoms with E-state index >= 15 is 0 Å². The second-order valence-electron chi connectivity index (χ2n) is 9.94. The van der Waals surface area contributed by atoms with Crippen LogP contribution in [-0.4, -0.2) is 70.8 Å². The first kappa shape index (κ1) is 25.5. The van der Waals surface area contributed by atoms with E-state index < -0.39 is 0 Å². The van der Waals surface area contributed by atoms with Gasteiger partial charge in [0.1, 0.15) is 11.5 Å². The Morgan fingerprint density at radius 2 is 1.62 bits per heavy atom. The van der Waals surface area contributed by atoms with Crippen molar-refractivity contribution in [3.63, 3.8) is 0 Å². The molecule has 5 rings (SSSR count). The molecule has 2 saturated heterocycles. The number of carbonyl (C=O) groups excluding carboxylic acids is 2. The molecule has 8 heteroatoms. The Bertz CT molecular complexity index is 1200. The SMILES string of the molecule is CC(c1ccccc1)N1CCN(C(=O)c2csc(C3CCN(C(=O)Cc4ccc(F)cc4)CC3)n2)CC1. The van der Waals surface area contributed by atoms with Gasteiger partial charge < -0.3 is 9.80 Å². The Balaban J connectivity index is 1.10. The largest absolute Gasteiger partial charge is 0.342 e. The van der Waals surface area contributed by atoms with Gasteiger partial charge in [0, 0.05) is 56.6 Å². The molecule has 0 aliphatic carbocycles. The Morgan fingerprint density at radius 3 is 2.30 bits per heavy atom. The predicted octanol–water partition coefficient (Wildman–Crippen LogP) is 4.75. The van der Waals surface area contributed by atoms with Crippen molar-refractivity contribution in [2.45, 2.75) is 38.1 Å². The van der Waals surface area contributed by atoms with Crippen LogP contribution in [0.25, 0.3) is 0 Å². The van der Waals surface area contributed by atoms with Crippen LogP contribution >= 0.6 is 11.3 Å². The smallest absolute Gasteiger partial charge is 0.273 e. The molecule has 0 N–H and O–H groups in total. The molecule has 0 spiro atoms. The number of carbonyl (C=O) groups is 2. The summed E-state index contributed by atoms with van der Waals surface area (Å²) in [5.74, 6) is 0.0606. The molecule has 2 aromatic carbocycles. The molecule has 194 valence electrons. The van der Waals surface area contributed by atoms with Crippen molar-refractivity contribution in [3.8, 4) is 0 Å². The van der Waals surface area contributed by atoms with Crippen LogP contribution < -0.4 is 0 Å². The number of hydrogen-bond acceptors (Lipinski definition) is 5. The van der Waals surface area contributed by atoms with Crippen LogP contribution in [-0.2, 0) is 11.2 Å². The highest BCUT2D eigenvalue weighted by Crippen LogP contribution is 2.31. The summed E-state index contributed by atoms with van der Waals surface area (Å²) in [5.41, 5.74) is 2.67. The Kier molecular flexibility index (Phi) is 7.96. The second kappa shape index (κ2) is 11.5. The quantitative estimate of drug-likeness (QED) is 0.471. The van der Waals surface area contributed by atoms with Gasteiger partial charge in [-0.05, 0) is 43.0 Å². The van der Waals surface area contributed by atoms with E-state index in [0.29, 0.717) is 37.9 Å². The van der Waals surface area contributed by atoms with Crippen molar-refractivity contribution in [1.82, 2.24) is 19.7 Å². The number of aromatic nitrogens is 1. The number of likely N-dealkylation sites (tertiary alicyclic amines) is 1. The normalized spacial score (nSPS) is 18.1. The van der Waals surface area contributed by atoms with E-state index in [1.807, 2.05) is 21.2 Å². The second-order valence-corrected chi connectivity index (χ2v) is 10.8. The lowest BCUT2D eigenvalue weighted by Crippen LogP contribution is -2.49. The maximum absolute atomic E-state index is 13.2. The zero-order chi connectivity index (χ0) is 25.8. The lowest BCUT2D eigenvalue weighted by molar-refractivity contribution is -0.131. The van der Waals surface area contributed by atoms with E-state index in [1.165, 1.54) is 17.7 Å². The Hall–Kier alpha value is -3.10. The fourth-order valence-electron chi connectivity index (χ4n) is 5.25. The number of hydrogen-bond donors (Lipinski definition) is 0. The summed E-state index contributed by atoms with van der Waals surface area (Å²) in [6.07, 6.45) is 1.97. The third-order valence-electron chi connectivity index (χ3n) is 7.64. The van der Waals surface area contributed by atoms with Crippen LogP contribution in [0.5, 0.6) is 0 Å². The van der Waals surface area contributed by atoms with Crippen molar-refractivity contribution in [1.29, 1.82) is 0 Å². The van der Waals surface area contributed by atoms with Crippen molar-refractivity contribution in [2.24, 2.45) is 0 Å². The number of piperazine rings is 1. The highest BCUT2D eigenvalue weighted by Gasteiger charge is 2.29. The molecule has 1 atom stereocenters. The van der Waals surface area contributed by atoms with Gasteiger partial charge in [0.25, 0.3) is 5.91 Å². The van der Waals surface area contributed by atoms with Crippen LogP contribution in [0.1, 0.15) is 58.3 Å². The van der Waals surface area contributed by atoms with E-state index in [9.17, 15) is 14.0 Å². The van der Waals surface area contributed by atoms with Crippen molar-refractivity contribution in [3.05, 3.63) is 87.6 Å². The van der Waals surface area contributed by atoms with Gasteiger partial charge in [0.2, 0.25) is 5.91 Å². The summed E-state index contributed by atoms with van der Waals surface area (Å²) in [4.78, 5) is 36.8. The maximum atomic E-state index is 13.2. The molecular weight excluding hydrogens is 487 g/mol. The summed E-state index contributed by atoms with van der Waals surface area (Å²) in [6, 6.07) is 16.9. The first-order chi connectivity index (χ1) is 18.0. The summed E-state index contributed by atoms with van der Waals surface area (Å²) < 4.78 is 13.1. The Morgan fingerprint density at radius 1 is 0.946 bits per heavy atom. The molecule has 0 saturated carbocycles. The van der Waals surface area contributed by atoms with Gasteiger partial charge in [-0.1, -0.05) is 42.5 Å². The third kappa shape index (κ3) is 6.08. The average Bonchev–Trinajstić information content (AvgIpc) is 3.44. The molecular formula is C29H33FN4O2S. The van der Waals surface area contributed by atoms with Crippen LogP contribution in [0, 0.1) is 5.82 Å². The van der Waals surface area contributed by atoms with E-state index in [-0.39, 0.29) is 30.0 Å². The van der Waals surface area contributed by atoms with Gasteiger partial charge in [-0.2, -0.15) is 0 Å². The molecule has 6 nitrogen and oxygen atoms in total. The van der Waals surface area contributed by atoms with Gasteiger partial charge in [0.15, 0.2) is 0 Å². The first-order valence-corrected chi connectivity index (χ1v) is 13.9. The van der Waals surface area contributed by atoms with Crippen LogP contribution in [0.3, 0.4) is 0 Å². The third-order valence-corrected chi connectivity index (χ3v) is 8.64. The first-order valence-electron chi connectivity index (χ1n) is 13.0. The van der Waals surface area contributed by atoms with E-state index in [0.717, 1.165) is 36.5 Å². The molecule has 0 bridgehead atoms. The molecule has 2 aliphatic rings. The molecule has 37 heavy (non-hydrogen) atoms. The number of benzene rings is 2. The van der Waals surface area contributed by atoms with E-state index in [2.05, 4.69) is 36.1 Å². The minimum Gasteiger partial charge on any atom is -0.342 e. The lowest BCUT2D eigenvalue weighted by atomic mass is 9.97.